The number of anilines is 1. The topological polar surface area (TPSA) is 53.2 Å². The van der Waals surface area contributed by atoms with Crippen molar-refractivity contribution in [1.82, 2.24) is 10.6 Å². The number of thiocarbonyl (C=S) groups is 1. The maximum Gasteiger partial charge on any atom is 0.228 e. The lowest BCUT2D eigenvalue weighted by Gasteiger charge is -2.27. The van der Waals surface area contributed by atoms with Crippen LogP contribution in [0, 0.1) is 0 Å². The number of rotatable bonds is 9. The van der Waals surface area contributed by atoms with Gasteiger partial charge in [0.25, 0.3) is 0 Å². The molecule has 0 aliphatic heterocycles. The first-order valence-electron chi connectivity index (χ1n) is 8.52. The summed E-state index contributed by atoms with van der Waals surface area (Å²) in [6.07, 6.45) is 4.55. The van der Waals surface area contributed by atoms with Gasteiger partial charge in [-0.15, -0.1) is 0 Å². The molecule has 0 fully saturated rings. The Morgan fingerprint density at radius 3 is 2.33 bits per heavy atom. The Balaban J connectivity index is 2.57. The Labute approximate surface area is 190 Å². The van der Waals surface area contributed by atoms with E-state index in [0.29, 0.717) is 22.2 Å². The molecular weight excluding hydrogens is 472 g/mol. The van der Waals surface area contributed by atoms with Crippen molar-refractivity contribution in [1.29, 1.82) is 0 Å². The predicted octanol–water partition coefficient (Wildman–Crippen LogP) is 6.45. The Hall–Kier alpha value is -0.170. The van der Waals surface area contributed by atoms with Crippen LogP contribution in [-0.4, -0.2) is 21.0 Å². The molecule has 1 rings (SSSR count). The van der Waals surface area contributed by atoms with E-state index in [4.69, 9.17) is 70.2 Å². The highest BCUT2D eigenvalue weighted by Crippen LogP contribution is 2.29. The number of benzene rings is 1. The van der Waals surface area contributed by atoms with Crippen LogP contribution < -0.4 is 16.0 Å². The third-order valence-electron chi connectivity index (χ3n) is 3.59. The lowest BCUT2D eigenvalue weighted by atomic mass is 10.1. The number of unbranched alkanes of at least 4 members (excludes halogenated alkanes) is 4. The van der Waals surface area contributed by atoms with Crippen LogP contribution in [0.15, 0.2) is 18.2 Å². The molecule has 0 aromatic heterocycles. The summed E-state index contributed by atoms with van der Waals surface area (Å²) in [5, 5.41) is 9.32. The minimum Gasteiger partial charge on any atom is -0.339 e. The van der Waals surface area contributed by atoms with Gasteiger partial charge in [-0.25, -0.2) is 0 Å². The zero-order valence-corrected chi connectivity index (χ0v) is 19.4. The first-order valence-corrected chi connectivity index (χ1v) is 10.8. The fraction of sp³-hybridized carbons (Fsp3) is 0.529. The van der Waals surface area contributed by atoms with E-state index in [2.05, 4.69) is 22.9 Å². The molecule has 0 aliphatic rings. The van der Waals surface area contributed by atoms with Gasteiger partial charge in [0.2, 0.25) is 9.70 Å². The second kappa shape index (κ2) is 12.4. The average molecular weight is 494 g/mol. The van der Waals surface area contributed by atoms with Crippen LogP contribution >= 0.6 is 70.2 Å². The largest absolute Gasteiger partial charge is 0.339 e. The summed E-state index contributed by atoms with van der Waals surface area (Å²) in [7, 11) is 0. The molecule has 1 amide bonds. The second-order valence-electron chi connectivity index (χ2n) is 5.93. The van der Waals surface area contributed by atoms with Crippen LogP contribution in [0.1, 0.15) is 45.4 Å². The van der Waals surface area contributed by atoms with E-state index < -0.39 is 9.96 Å². The van der Waals surface area contributed by atoms with Crippen LogP contribution in [-0.2, 0) is 4.79 Å². The van der Waals surface area contributed by atoms with Gasteiger partial charge in [-0.1, -0.05) is 90.6 Å². The summed E-state index contributed by atoms with van der Waals surface area (Å²) in [4.78, 5) is 12.1. The van der Waals surface area contributed by atoms with Crippen molar-refractivity contribution in [2.24, 2.45) is 0 Å². The Morgan fingerprint density at radius 2 is 1.74 bits per heavy atom. The first kappa shape index (κ1) is 24.9. The highest BCUT2D eigenvalue weighted by Gasteiger charge is 2.34. The summed E-state index contributed by atoms with van der Waals surface area (Å²) in [5.74, 6) is -0.215. The van der Waals surface area contributed by atoms with E-state index in [0.717, 1.165) is 32.1 Å². The van der Waals surface area contributed by atoms with Crippen molar-refractivity contribution < 1.29 is 4.79 Å². The second-order valence-corrected chi connectivity index (χ2v) is 9.53. The van der Waals surface area contributed by atoms with Gasteiger partial charge in [-0.3, -0.25) is 4.79 Å². The number of halogens is 5. The van der Waals surface area contributed by atoms with E-state index in [-0.39, 0.29) is 11.0 Å². The molecule has 3 N–H and O–H groups in total. The molecule has 1 atom stereocenters. The molecule has 0 aliphatic carbocycles. The van der Waals surface area contributed by atoms with E-state index in [1.807, 2.05) is 0 Å². The lowest BCUT2D eigenvalue weighted by Crippen LogP contribution is -2.56. The van der Waals surface area contributed by atoms with Gasteiger partial charge in [-0.2, -0.15) is 0 Å². The van der Waals surface area contributed by atoms with Gasteiger partial charge in [-0.05, 0) is 36.8 Å². The number of alkyl halides is 3. The number of nitrogens with one attached hydrogen (secondary N) is 3. The summed E-state index contributed by atoms with van der Waals surface area (Å²) < 4.78 is -1.79. The van der Waals surface area contributed by atoms with Gasteiger partial charge in [0.15, 0.2) is 5.11 Å². The summed E-state index contributed by atoms with van der Waals surface area (Å²) >= 11 is 35.0. The van der Waals surface area contributed by atoms with Crippen molar-refractivity contribution in [3.8, 4) is 0 Å². The van der Waals surface area contributed by atoms with Gasteiger partial charge in [0.05, 0.1) is 10.0 Å². The van der Waals surface area contributed by atoms with E-state index in [1.54, 1.807) is 18.2 Å². The third kappa shape index (κ3) is 10.2. The Morgan fingerprint density at radius 1 is 1.07 bits per heavy atom. The quantitative estimate of drug-likeness (QED) is 0.160. The number of amides is 1. The molecule has 152 valence electrons. The molecule has 10 heteroatoms. The molecule has 1 aromatic carbocycles. The van der Waals surface area contributed by atoms with Crippen LogP contribution in [0.4, 0.5) is 5.69 Å². The van der Waals surface area contributed by atoms with Crippen molar-refractivity contribution in [3.63, 3.8) is 0 Å². The summed E-state index contributed by atoms with van der Waals surface area (Å²) in [5.41, 5.74) is 0.604. The molecule has 0 spiro atoms. The zero-order valence-electron chi connectivity index (χ0n) is 14.8. The standard InChI is InChI=1S/C17H22Cl5N3OS/c1-2-3-4-5-6-7-14(26)24-15(17(20,21)22)25-16(27)23-11-8-9-12(18)13(19)10-11/h8-10,15H,2-7H2,1H3,(H,24,26)(H2,23,25,27)/t15-/m0/s1. The number of carbonyl (C=O) groups is 1. The maximum atomic E-state index is 12.1. The van der Waals surface area contributed by atoms with Crippen molar-refractivity contribution in [2.75, 3.05) is 5.32 Å². The summed E-state index contributed by atoms with van der Waals surface area (Å²) in [6, 6.07) is 4.93. The van der Waals surface area contributed by atoms with E-state index in [1.165, 1.54) is 0 Å². The van der Waals surface area contributed by atoms with Gasteiger partial charge < -0.3 is 16.0 Å². The maximum absolute atomic E-state index is 12.1. The molecule has 0 saturated carbocycles. The third-order valence-corrected chi connectivity index (χ3v) is 5.21. The molecular formula is C17H22Cl5N3OS. The Kier molecular flexibility index (Phi) is 11.4. The Bertz CT molecular complexity index is 639. The molecule has 0 saturated heterocycles. The van der Waals surface area contributed by atoms with Crippen molar-refractivity contribution in [2.45, 2.75) is 55.4 Å². The molecule has 1 aromatic rings. The van der Waals surface area contributed by atoms with Crippen LogP contribution in [0.25, 0.3) is 0 Å². The monoisotopic (exact) mass is 491 g/mol. The fourth-order valence-corrected chi connectivity index (χ4v) is 3.06. The van der Waals surface area contributed by atoms with Crippen molar-refractivity contribution >= 4 is 86.9 Å². The highest BCUT2D eigenvalue weighted by atomic mass is 35.6. The number of hydrogen-bond acceptors (Lipinski definition) is 2. The van der Waals surface area contributed by atoms with E-state index in [9.17, 15) is 4.79 Å². The van der Waals surface area contributed by atoms with Gasteiger partial charge in [0.1, 0.15) is 6.17 Å². The number of hydrogen-bond donors (Lipinski definition) is 3. The number of carbonyl (C=O) groups excluding carboxylic acids is 1. The molecule has 27 heavy (non-hydrogen) atoms. The van der Waals surface area contributed by atoms with E-state index >= 15 is 0 Å². The van der Waals surface area contributed by atoms with Crippen LogP contribution in [0.2, 0.25) is 10.0 Å². The molecule has 4 nitrogen and oxygen atoms in total. The van der Waals surface area contributed by atoms with Crippen LogP contribution in [0.3, 0.4) is 0 Å². The van der Waals surface area contributed by atoms with Gasteiger partial charge in [0, 0.05) is 12.1 Å². The fourth-order valence-electron chi connectivity index (χ4n) is 2.19. The highest BCUT2D eigenvalue weighted by molar-refractivity contribution is 7.80. The van der Waals surface area contributed by atoms with Crippen LogP contribution in [0.5, 0.6) is 0 Å². The van der Waals surface area contributed by atoms with Crippen molar-refractivity contribution in [3.05, 3.63) is 28.2 Å². The minimum atomic E-state index is -1.79. The first-order chi connectivity index (χ1) is 12.6. The molecule has 0 unspecified atom stereocenters. The molecule has 0 radical (unpaired) electrons. The predicted molar refractivity (Wildman–Crippen MR) is 121 cm³/mol. The van der Waals surface area contributed by atoms with Gasteiger partial charge >= 0.3 is 0 Å². The molecule has 0 bridgehead atoms. The normalized spacial score (nSPS) is 12.4. The smallest absolute Gasteiger partial charge is 0.228 e. The minimum absolute atomic E-state index is 0.160. The lowest BCUT2D eigenvalue weighted by molar-refractivity contribution is -0.122. The molecule has 0 heterocycles. The SMILES string of the molecule is CCCCCCCC(=O)N[C@@H](NC(=S)Nc1ccc(Cl)c(Cl)c1)C(Cl)(Cl)Cl. The summed E-state index contributed by atoms with van der Waals surface area (Å²) in [6.45, 7) is 2.14. The average Bonchev–Trinajstić information content (AvgIpc) is 2.56. The zero-order chi connectivity index (χ0) is 20.4.